The van der Waals surface area contributed by atoms with Crippen molar-refractivity contribution in [2.75, 3.05) is 7.05 Å². The number of nitrogens with zero attached hydrogens (tertiary/aromatic N) is 2. The van der Waals surface area contributed by atoms with E-state index >= 15 is 0 Å². The van der Waals surface area contributed by atoms with Crippen molar-refractivity contribution >= 4 is 37.1 Å². The molecule has 0 aromatic rings. The summed E-state index contributed by atoms with van der Waals surface area (Å²) >= 11 is 4.83. The fraction of sp³-hybridized carbons (Fsp3) is 0.444. The van der Waals surface area contributed by atoms with Gasteiger partial charge in [0.25, 0.3) is 11.8 Å². The molecule has 78 valence electrons. The van der Waals surface area contributed by atoms with E-state index in [9.17, 15) is 9.59 Å². The largest absolute Gasteiger partial charge is 0.342 e. The van der Waals surface area contributed by atoms with Crippen LogP contribution in [0.15, 0.2) is 11.6 Å². The number of likely N-dealkylation sites (N-methyl/N-ethyl adjacent to an activating group) is 1. The summed E-state index contributed by atoms with van der Waals surface area (Å²) in [4.78, 5) is 25.3. The van der Waals surface area contributed by atoms with Crippen molar-refractivity contribution in [1.82, 2.24) is 9.71 Å². The van der Waals surface area contributed by atoms with Crippen LogP contribution in [0.5, 0.6) is 0 Å². The Morgan fingerprint density at radius 2 is 1.87 bits per heavy atom. The number of allylic oxidation sites excluding steroid dienone is 1. The summed E-state index contributed by atoms with van der Waals surface area (Å²) in [6.07, 6.45) is 1.59. The second kappa shape index (κ2) is 4.14. The van der Waals surface area contributed by atoms with Crippen molar-refractivity contribution in [2.24, 2.45) is 5.92 Å². The lowest BCUT2D eigenvalue weighted by Crippen LogP contribution is -2.53. The summed E-state index contributed by atoms with van der Waals surface area (Å²) in [7, 11) is 6.94. The molecule has 4 nitrogen and oxygen atoms in total. The molecule has 1 fully saturated rings. The zero-order valence-electron chi connectivity index (χ0n) is 8.85. The predicted molar refractivity (Wildman–Crippen MR) is 60.9 cm³/mol. The molecule has 0 N–H and O–H groups in total. The molecule has 1 aliphatic rings. The number of amides is 2. The summed E-state index contributed by atoms with van der Waals surface area (Å²) in [5, 5.41) is 0.0194. The molecule has 0 aliphatic carbocycles. The Morgan fingerprint density at radius 3 is 2.33 bits per heavy atom. The van der Waals surface area contributed by atoms with Gasteiger partial charge in [-0.2, -0.15) is 0 Å². The van der Waals surface area contributed by atoms with E-state index in [0.717, 1.165) is 4.81 Å². The molecule has 0 saturated carbocycles. The Kier molecular flexibility index (Phi) is 3.29. The average Bonchev–Trinajstić information content (AvgIpc) is 2.18. The summed E-state index contributed by atoms with van der Waals surface area (Å²) in [5.41, 5.74) is 0.0728. The number of hydrogen-bond acceptors (Lipinski definition) is 3. The van der Waals surface area contributed by atoms with Crippen molar-refractivity contribution in [3.63, 3.8) is 0 Å². The van der Waals surface area contributed by atoms with Crippen LogP contribution < -0.4 is 0 Å². The van der Waals surface area contributed by atoms with Gasteiger partial charge in [-0.1, -0.05) is 19.9 Å². The molecule has 0 atom stereocenters. The third-order valence-electron chi connectivity index (χ3n) is 1.98. The van der Waals surface area contributed by atoms with E-state index in [4.69, 9.17) is 20.2 Å². The first-order valence-corrected chi connectivity index (χ1v) is 4.90. The molecule has 15 heavy (non-hydrogen) atoms. The van der Waals surface area contributed by atoms with Crippen LogP contribution in [0.2, 0.25) is 0 Å². The quantitative estimate of drug-likeness (QED) is 0.276. The van der Waals surface area contributed by atoms with E-state index in [2.05, 4.69) is 0 Å². The highest BCUT2D eigenvalue weighted by molar-refractivity contribution is 7.80. The van der Waals surface area contributed by atoms with Gasteiger partial charge in [-0.3, -0.25) is 14.5 Å². The lowest BCUT2D eigenvalue weighted by Gasteiger charge is -2.32. The molecule has 2 amide bonds. The number of hydrogen-bond donors (Lipinski definition) is 0. The first kappa shape index (κ1) is 11.9. The minimum Gasteiger partial charge on any atom is -0.342 e. The van der Waals surface area contributed by atoms with Crippen molar-refractivity contribution in [1.29, 1.82) is 0 Å². The highest BCUT2D eigenvalue weighted by atomic mass is 32.1. The van der Waals surface area contributed by atoms with Gasteiger partial charge in [-0.15, -0.1) is 0 Å². The molecule has 6 heteroatoms. The second-order valence-corrected chi connectivity index (χ2v) is 4.01. The Bertz CT molecular complexity index is 339. The Hall–Kier alpha value is -1.17. The van der Waals surface area contributed by atoms with Crippen LogP contribution in [0, 0.1) is 5.92 Å². The third-order valence-corrected chi connectivity index (χ3v) is 2.45. The van der Waals surface area contributed by atoms with Gasteiger partial charge in [0.05, 0.1) is 0 Å². The monoisotopic (exact) mass is 222 g/mol. The van der Waals surface area contributed by atoms with Crippen molar-refractivity contribution in [2.45, 2.75) is 13.8 Å². The average molecular weight is 222 g/mol. The summed E-state index contributed by atoms with van der Waals surface area (Å²) in [6.45, 7) is 3.75. The van der Waals surface area contributed by atoms with Gasteiger partial charge in [0.15, 0.2) is 5.11 Å². The SMILES string of the molecule is [B]N1C(=O)/C(=C/C(C)C)C(=O)N(C)C1=S. The maximum absolute atomic E-state index is 11.7. The minimum absolute atomic E-state index is 0.0194. The number of carbonyl (C=O) groups is 2. The van der Waals surface area contributed by atoms with E-state index in [1.165, 1.54) is 11.9 Å². The van der Waals surface area contributed by atoms with Gasteiger partial charge in [-0.05, 0) is 18.1 Å². The van der Waals surface area contributed by atoms with E-state index in [0.29, 0.717) is 0 Å². The van der Waals surface area contributed by atoms with Crippen molar-refractivity contribution in [3.05, 3.63) is 11.6 Å². The Morgan fingerprint density at radius 1 is 1.33 bits per heavy atom. The lowest BCUT2D eigenvalue weighted by atomic mass is 10.0. The molecule has 1 saturated heterocycles. The minimum atomic E-state index is -0.545. The summed E-state index contributed by atoms with van der Waals surface area (Å²) in [6, 6.07) is 0. The highest BCUT2D eigenvalue weighted by Gasteiger charge is 2.34. The van der Waals surface area contributed by atoms with E-state index < -0.39 is 11.8 Å². The molecule has 2 radical (unpaired) electrons. The maximum atomic E-state index is 11.7. The molecule has 0 aromatic carbocycles. The van der Waals surface area contributed by atoms with Crippen molar-refractivity contribution in [3.8, 4) is 0 Å². The van der Waals surface area contributed by atoms with Gasteiger partial charge in [0, 0.05) is 7.05 Å². The van der Waals surface area contributed by atoms with Gasteiger partial charge in [-0.25, -0.2) is 0 Å². The van der Waals surface area contributed by atoms with Crippen LogP contribution in [-0.2, 0) is 9.59 Å². The molecule has 0 unspecified atom stereocenters. The van der Waals surface area contributed by atoms with E-state index in [1.54, 1.807) is 6.08 Å². The van der Waals surface area contributed by atoms with Crippen LogP contribution in [0.1, 0.15) is 13.8 Å². The fourth-order valence-electron chi connectivity index (χ4n) is 1.21. The number of rotatable bonds is 1. The van der Waals surface area contributed by atoms with Gasteiger partial charge >= 0.3 is 0 Å². The summed E-state index contributed by atoms with van der Waals surface area (Å²) < 4.78 is 0. The van der Waals surface area contributed by atoms with Crippen LogP contribution in [-0.4, -0.2) is 41.7 Å². The molecule has 0 aromatic heterocycles. The Balaban J connectivity index is 3.14. The van der Waals surface area contributed by atoms with Gasteiger partial charge < -0.3 is 4.81 Å². The molecule has 1 rings (SSSR count). The smallest absolute Gasteiger partial charge is 0.264 e. The van der Waals surface area contributed by atoms with Crippen LogP contribution >= 0.6 is 12.2 Å². The normalized spacial score (nSPS) is 20.8. The topological polar surface area (TPSA) is 40.6 Å². The number of thiocarbonyl (C=S) groups is 1. The lowest BCUT2D eigenvalue weighted by molar-refractivity contribution is -0.130. The molecular formula is C9H11BN2O2S. The van der Waals surface area contributed by atoms with Gasteiger partial charge in [0.2, 0.25) is 7.98 Å². The molecular weight excluding hydrogens is 211 g/mol. The maximum Gasteiger partial charge on any atom is 0.264 e. The standard InChI is InChI=1S/C9H11BN2O2S/c1-5(2)4-6-7(13)11(3)9(15)12(10)8(6)14/h4-5H,1-3H3/b6-4+. The summed E-state index contributed by atoms with van der Waals surface area (Å²) in [5.74, 6) is -0.849. The first-order valence-electron chi connectivity index (χ1n) is 4.49. The predicted octanol–water partition coefficient (Wildman–Crippen LogP) is 0.238. The third kappa shape index (κ3) is 2.09. The zero-order chi connectivity index (χ0) is 11.7. The van der Waals surface area contributed by atoms with E-state index in [1.807, 2.05) is 13.8 Å². The molecule has 1 aliphatic heterocycles. The van der Waals surface area contributed by atoms with E-state index in [-0.39, 0.29) is 16.6 Å². The molecule has 0 spiro atoms. The van der Waals surface area contributed by atoms with Crippen LogP contribution in [0.25, 0.3) is 0 Å². The van der Waals surface area contributed by atoms with Crippen LogP contribution in [0.3, 0.4) is 0 Å². The van der Waals surface area contributed by atoms with Gasteiger partial charge in [0.1, 0.15) is 5.57 Å². The molecule has 0 bridgehead atoms. The second-order valence-electron chi connectivity index (χ2n) is 3.65. The molecule has 1 heterocycles. The Labute approximate surface area is 95.3 Å². The van der Waals surface area contributed by atoms with Crippen LogP contribution in [0.4, 0.5) is 0 Å². The fourth-order valence-corrected chi connectivity index (χ4v) is 1.38. The van der Waals surface area contributed by atoms with Crippen molar-refractivity contribution < 1.29 is 9.59 Å². The highest BCUT2D eigenvalue weighted by Crippen LogP contribution is 2.15. The first-order chi connectivity index (χ1) is 6.86. The number of carbonyl (C=O) groups excluding carboxylic acids is 2. The zero-order valence-corrected chi connectivity index (χ0v) is 9.67.